The lowest BCUT2D eigenvalue weighted by Gasteiger charge is -2.29. The fourth-order valence-electron chi connectivity index (χ4n) is 4.66. The summed E-state index contributed by atoms with van der Waals surface area (Å²) < 4.78 is 11.0. The van der Waals surface area contributed by atoms with Crippen LogP contribution >= 0.6 is 0 Å². The third-order valence-corrected chi connectivity index (χ3v) is 6.28. The van der Waals surface area contributed by atoms with Crippen molar-refractivity contribution in [2.75, 3.05) is 27.3 Å². The van der Waals surface area contributed by atoms with Crippen LogP contribution in [0.4, 0.5) is 0 Å². The monoisotopic (exact) mass is 416 g/mol. The van der Waals surface area contributed by atoms with E-state index in [2.05, 4.69) is 16.0 Å². The molecule has 4 rings (SSSR count). The molecule has 0 bridgehead atoms. The molecule has 0 saturated carbocycles. The highest BCUT2D eigenvalue weighted by atomic mass is 16.5. The lowest BCUT2D eigenvalue weighted by molar-refractivity contribution is -0.136. The Hall–Kier alpha value is -2.33. The number of carbonyl (C=O) groups is 3. The number of nitrogens with one attached hydrogen (secondary N) is 3. The molecule has 3 amide bonds. The van der Waals surface area contributed by atoms with Crippen LogP contribution < -0.4 is 16.0 Å². The van der Waals surface area contributed by atoms with Gasteiger partial charge in [-0.1, -0.05) is 12.1 Å². The van der Waals surface area contributed by atoms with Crippen LogP contribution in [0.2, 0.25) is 0 Å². The van der Waals surface area contributed by atoms with Crippen molar-refractivity contribution in [2.24, 2.45) is 0 Å². The molecule has 3 aliphatic heterocycles. The molecule has 9 nitrogen and oxygen atoms in total. The van der Waals surface area contributed by atoms with Crippen LogP contribution in [0.3, 0.4) is 0 Å². The number of benzene rings is 1. The molecule has 9 heteroatoms. The van der Waals surface area contributed by atoms with E-state index in [1.54, 1.807) is 25.2 Å². The third kappa shape index (κ3) is 3.85. The molecule has 2 saturated heterocycles. The summed E-state index contributed by atoms with van der Waals surface area (Å²) in [5.74, 6) is -0.824. The Morgan fingerprint density at radius 1 is 1.20 bits per heavy atom. The molecule has 30 heavy (non-hydrogen) atoms. The Balaban J connectivity index is 1.41. The van der Waals surface area contributed by atoms with E-state index in [1.165, 1.54) is 0 Å². The van der Waals surface area contributed by atoms with Crippen molar-refractivity contribution in [2.45, 2.75) is 50.2 Å². The van der Waals surface area contributed by atoms with Gasteiger partial charge in [0.15, 0.2) is 0 Å². The van der Waals surface area contributed by atoms with Gasteiger partial charge in [0.25, 0.3) is 5.91 Å². The van der Waals surface area contributed by atoms with Crippen molar-refractivity contribution in [1.82, 2.24) is 20.9 Å². The fourth-order valence-corrected chi connectivity index (χ4v) is 4.66. The zero-order chi connectivity index (χ0) is 21.3. The molecule has 3 N–H and O–H groups in total. The average molecular weight is 416 g/mol. The number of hydrogen-bond acceptors (Lipinski definition) is 7. The zero-order valence-electron chi connectivity index (χ0n) is 17.3. The number of ether oxygens (including phenoxy) is 2. The van der Waals surface area contributed by atoms with E-state index in [4.69, 9.17) is 9.47 Å². The van der Waals surface area contributed by atoms with Crippen LogP contribution in [0, 0.1) is 0 Å². The van der Waals surface area contributed by atoms with Crippen molar-refractivity contribution < 1.29 is 23.9 Å². The minimum absolute atomic E-state index is 0.0198. The van der Waals surface area contributed by atoms with Gasteiger partial charge in [-0.05, 0) is 23.6 Å². The topological polar surface area (TPSA) is 109 Å². The molecule has 1 aromatic carbocycles. The maximum atomic E-state index is 12.9. The van der Waals surface area contributed by atoms with E-state index in [0.717, 1.165) is 17.7 Å². The lowest BCUT2D eigenvalue weighted by atomic mass is 10.0. The summed E-state index contributed by atoms with van der Waals surface area (Å²) in [5.41, 5.74) is 2.61. The first-order chi connectivity index (χ1) is 14.5. The van der Waals surface area contributed by atoms with Crippen molar-refractivity contribution in [3.8, 4) is 0 Å². The van der Waals surface area contributed by atoms with E-state index in [-0.39, 0.29) is 36.5 Å². The summed E-state index contributed by atoms with van der Waals surface area (Å²) in [4.78, 5) is 38.2. The lowest BCUT2D eigenvalue weighted by Crippen LogP contribution is -2.52. The first-order valence-electron chi connectivity index (χ1n) is 10.3. The number of amides is 3. The number of hydrogen-bond donors (Lipinski definition) is 3. The number of piperidine rings is 1. The second-order valence-electron chi connectivity index (χ2n) is 7.96. The summed E-state index contributed by atoms with van der Waals surface area (Å²) in [7, 11) is 3.38. The quantitative estimate of drug-likeness (QED) is 0.516. The van der Waals surface area contributed by atoms with Crippen LogP contribution in [0.25, 0.3) is 0 Å². The maximum absolute atomic E-state index is 12.9. The van der Waals surface area contributed by atoms with Crippen LogP contribution in [-0.4, -0.2) is 74.2 Å². The fraction of sp³-hybridized carbons (Fsp3) is 0.571. The minimum atomic E-state index is -0.598. The normalized spacial score (nSPS) is 28.7. The molecule has 4 atom stereocenters. The predicted molar refractivity (Wildman–Crippen MR) is 108 cm³/mol. The highest BCUT2D eigenvalue weighted by molar-refractivity contribution is 6.05. The summed E-state index contributed by atoms with van der Waals surface area (Å²) in [6.45, 7) is 2.43. The second-order valence-corrected chi connectivity index (χ2v) is 7.96. The van der Waals surface area contributed by atoms with Crippen LogP contribution in [0.15, 0.2) is 18.2 Å². The summed E-state index contributed by atoms with van der Waals surface area (Å²) in [6, 6.07) is 5.21. The van der Waals surface area contributed by atoms with Gasteiger partial charge in [0.05, 0.1) is 6.10 Å². The Kier molecular flexibility index (Phi) is 6.14. The van der Waals surface area contributed by atoms with E-state index in [9.17, 15) is 14.4 Å². The van der Waals surface area contributed by atoms with Gasteiger partial charge in [-0.15, -0.1) is 0 Å². The largest absolute Gasteiger partial charge is 0.377 e. The highest BCUT2D eigenvalue weighted by Crippen LogP contribution is 2.29. The standard InChI is InChI=1S/C21H28N4O5/c1-29-17-10-23-15(19(17)30-2)9-22-8-12-4-3-5-13-14(12)11-25(21(13)28)16-6-7-18(26)24-20(16)27/h3-5,15-17,19,22-23H,6-11H2,1-2H3,(H,24,26,27)/t15-,16?,17+,19-/m0/s1. The first-order valence-corrected chi connectivity index (χ1v) is 10.3. The molecule has 1 unspecified atom stereocenters. The number of carbonyl (C=O) groups excluding carboxylic acids is 3. The molecule has 2 fully saturated rings. The number of methoxy groups -OCH3 is 2. The van der Waals surface area contributed by atoms with Gasteiger partial charge < -0.3 is 25.0 Å². The molecular formula is C21H28N4O5. The first kappa shape index (κ1) is 20.9. The van der Waals surface area contributed by atoms with Crippen molar-refractivity contribution in [1.29, 1.82) is 0 Å². The minimum Gasteiger partial charge on any atom is -0.377 e. The molecule has 0 aromatic heterocycles. The van der Waals surface area contributed by atoms with E-state index < -0.39 is 11.9 Å². The molecule has 3 heterocycles. The van der Waals surface area contributed by atoms with Crippen molar-refractivity contribution in [3.63, 3.8) is 0 Å². The van der Waals surface area contributed by atoms with E-state index in [0.29, 0.717) is 31.6 Å². The summed E-state index contributed by atoms with van der Waals surface area (Å²) in [5, 5.41) is 9.21. The Bertz CT molecular complexity index is 845. The van der Waals surface area contributed by atoms with Gasteiger partial charge in [0.1, 0.15) is 12.1 Å². The van der Waals surface area contributed by atoms with Crippen LogP contribution in [0.5, 0.6) is 0 Å². The number of rotatable bonds is 7. The van der Waals surface area contributed by atoms with Gasteiger partial charge in [-0.3, -0.25) is 19.7 Å². The molecule has 0 spiro atoms. The molecular weight excluding hydrogens is 388 g/mol. The van der Waals surface area contributed by atoms with Crippen molar-refractivity contribution >= 4 is 17.7 Å². The third-order valence-electron chi connectivity index (χ3n) is 6.28. The van der Waals surface area contributed by atoms with Gasteiger partial charge in [-0.25, -0.2) is 0 Å². The molecule has 1 aromatic rings. The molecule has 3 aliphatic rings. The molecule has 0 radical (unpaired) electrons. The molecule has 162 valence electrons. The summed E-state index contributed by atoms with van der Waals surface area (Å²) >= 11 is 0. The van der Waals surface area contributed by atoms with Gasteiger partial charge in [-0.2, -0.15) is 0 Å². The Morgan fingerprint density at radius 3 is 2.77 bits per heavy atom. The SMILES string of the molecule is CO[C@H]1[C@H](CNCc2cccc3c2CN(C2CCC(=O)NC2=O)C3=O)NC[C@H]1OC. The van der Waals surface area contributed by atoms with Gasteiger partial charge in [0.2, 0.25) is 11.8 Å². The number of nitrogens with zero attached hydrogens (tertiary/aromatic N) is 1. The number of imide groups is 1. The second kappa shape index (κ2) is 8.81. The summed E-state index contributed by atoms with van der Waals surface area (Å²) in [6.07, 6.45) is 0.628. The number of fused-ring (bicyclic) bond motifs is 1. The average Bonchev–Trinajstić information content (AvgIpc) is 3.29. The Labute approximate surface area is 175 Å². The van der Waals surface area contributed by atoms with Crippen molar-refractivity contribution in [3.05, 3.63) is 34.9 Å². The zero-order valence-corrected chi connectivity index (χ0v) is 17.3. The molecule has 0 aliphatic carbocycles. The van der Waals surface area contributed by atoms with Gasteiger partial charge in [0, 0.05) is 58.4 Å². The maximum Gasteiger partial charge on any atom is 0.255 e. The predicted octanol–water partition coefficient (Wildman–Crippen LogP) is -0.461. The van der Waals surface area contributed by atoms with Crippen LogP contribution in [-0.2, 0) is 32.2 Å². The van der Waals surface area contributed by atoms with Gasteiger partial charge >= 0.3 is 0 Å². The highest BCUT2D eigenvalue weighted by Gasteiger charge is 2.40. The van der Waals surface area contributed by atoms with E-state index >= 15 is 0 Å². The smallest absolute Gasteiger partial charge is 0.255 e. The van der Waals surface area contributed by atoms with Crippen LogP contribution in [0.1, 0.15) is 34.3 Å². The Morgan fingerprint density at radius 2 is 2.03 bits per heavy atom. The van der Waals surface area contributed by atoms with E-state index in [1.807, 2.05) is 12.1 Å².